The summed E-state index contributed by atoms with van der Waals surface area (Å²) in [4.78, 5) is 16.8. The summed E-state index contributed by atoms with van der Waals surface area (Å²) in [6, 6.07) is 6.78. The van der Waals surface area contributed by atoms with Crippen molar-refractivity contribution >= 4 is 28.8 Å². The minimum atomic E-state index is -4.53. The molecule has 0 aliphatic heterocycles. The number of carbonyl (C=O) groups is 1. The van der Waals surface area contributed by atoms with Crippen molar-refractivity contribution < 1.29 is 22.7 Å². The summed E-state index contributed by atoms with van der Waals surface area (Å²) in [6.45, 7) is 1.55. The second kappa shape index (κ2) is 6.53. The number of pyridine rings is 1. The van der Waals surface area contributed by atoms with Crippen LogP contribution in [0, 0.1) is 6.92 Å². The van der Waals surface area contributed by atoms with Crippen molar-refractivity contribution in [3.63, 3.8) is 0 Å². The predicted octanol–water partition coefficient (Wildman–Crippen LogP) is 4.58. The topological polar surface area (TPSA) is 55.6 Å². The molecule has 1 N–H and O–H groups in total. The van der Waals surface area contributed by atoms with Crippen LogP contribution in [0.4, 0.5) is 18.9 Å². The number of halogens is 4. The van der Waals surface area contributed by atoms with Crippen molar-refractivity contribution in [2.45, 2.75) is 13.1 Å². The average Bonchev–Trinajstić information content (AvgIpc) is 2.89. The Bertz CT molecular complexity index is 999. The molecule has 1 aromatic carbocycles. The maximum atomic E-state index is 13.0. The van der Waals surface area contributed by atoms with Gasteiger partial charge in [0, 0.05) is 11.2 Å². The van der Waals surface area contributed by atoms with E-state index in [0.29, 0.717) is 22.2 Å². The van der Waals surface area contributed by atoms with Crippen LogP contribution in [-0.4, -0.2) is 22.4 Å². The summed E-state index contributed by atoms with van der Waals surface area (Å²) < 4.78 is 45.2. The minimum Gasteiger partial charge on any atom is -0.495 e. The second-order valence-corrected chi connectivity index (χ2v) is 5.92. The number of aromatic nitrogens is 2. The zero-order valence-electron chi connectivity index (χ0n) is 13.7. The van der Waals surface area contributed by atoms with Gasteiger partial charge in [-0.1, -0.05) is 11.6 Å². The number of amides is 1. The van der Waals surface area contributed by atoms with Gasteiger partial charge in [-0.3, -0.25) is 9.20 Å². The number of hydrogen-bond donors (Lipinski definition) is 1. The molecule has 5 nitrogen and oxygen atoms in total. The molecule has 0 unspecified atom stereocenters. The lowest BCUT2D eigenvalue weighted by Gasteiger charge is -2.12. The molecule has 0 atom stereocenters. The Morgan fingerprint density at radius 2 is 2.00 bits per heavy atom. The molecule has 9 heteroatoms. The van der Waals surface area contributed by atoms with Crippen molar-refractivity contribution in [1.82, 2.24) is 9.38 Å². The quantitative estimate of drug-likeness (QED) is 0.720. The third-order valence-corrected chi connectivity index (χ3v) is 3.98. The molecule has 3 rings (SSSR count). The standard InChI is InChI=1S/C17H13ClF3N3O2/c1-9-15(16(25)23-12-7-11(18)4-5-13(12)26-2)24-8-10(17(19,20)21)3-6-14(24)22-9/h3-8H,1-2H3,(H,23,25). The molecule has 2 heterocycles. The number of nitrogens with one attached hydrogen (secondary N) is 1. The van der Waals surface area contributed by atoms with Gasteiger partial charge < -0.3 is 10.1 Å². The van der Waals surface area contributed by atoms with Crippen LogP contribution < -0.4 is 10.1 Å². The van der Waals surface area contributed by atoms with Crippen LogP contribution in [0.15, 0.2) is 36.5 Å². The number of hydrogen-bond acceptors (Lipinski definition) is 3. The number of ether oxygens (including phenoxy) is 1. The van der Waals surface area contributed by atoms with Crippen LogP contribution in [0.1, 0.15) is 21.7 Å². The molecule has 0 aliphatic carbocycles. The SMILES string of the molecule is COc1ccc(Cl)cc1NC(=O)c1c(C)nc2ccc(C(F)(F)F)cn12. The number of fused-ring (bicyclic) bond motifs is 1. The zero-order valence-corrected chi connectivity index (χ0v) is 14.4. The normalized spacial score (nSPS) is 11.6. The van der Waals surface area contributed by atoms with Gasteiger partial charge in [0.1, 0.15) is 17.1 Å². The third-order valence-electron chi connectivity index (χ3n) is 3.74. The Balaban J connectivity index is 2.06. The molecule has 1 amide bonds. The monoisotopic (exact) mass is 383 g/mol. The molecule has 0 spiro atoms. The van der Waals surface area contributed by atoms with E-state index < -0.39 is 17.6 Å². The number of benzene rings is 1. The van der Waals surface area contributed by atoms with Crippen LogP contribution >= 0.6 is 11.6 Å². The molecule has 0 radical (unpaired) electrons. The zero-order chi connectivity index (χ0) is 19.1. The number of anilines is 1. The van der Waals surface area contributed by atoms with Gasteiger partial charge in [-0.25, -0.2) is 4.98 Å². The van der Waals surface area contributed by atoms with Crippen molar-refractivity contribution in [2.75, 3.05) is 12.4 Å². The van der Waals surface area contributed by atoms with Crippen molar-refractivity contribution in [3.8, 4) is 5.75 Å². The summed E-state index contributed by atoms with van der Waals surface area (Å²) in [5.41, 5.74) is -0.0576. The van der Waals surface area contributed by atoms with Crippen LogP contribution in [0.25, 0.3) is 5.65 Å². The van der Waals surface area contributed by atoms with E-state index in [-0.39, 0.29) is 11.3 Å². The first-order valence-electron chi connectivity index (χ1n) is 7.41. The lowest BCUT2D eigenvalue weighted by atomic mass is 10.2. The van der Waals surface area contributed by atoms with E-state index >= 15 is 0 Å². The second-order valence-electron chi connectivity index (χ2n) is 5.49. The predicted molar refractivity (Wildman–Crippen MR) is 90.9 cm³/mol. The molecule has 136 valence electrons. The summed E-state index contributed by atoms with van der Waals surface area (Å²) in [5, 5.41) is 2.98. The molecule has 3 aromatic rings. The van der Waals surface area contributed by atoms with Gasteiger partial charge in [0.15, 0.2) is 0 Å². The first kappa shape index (κ1) is 18.1. The molecule has 0 bridgehead atoms. The van der Waals surface area contributed by atoms with Gasteiger partial charge in [0.25, 0.3) is 5.91 Å². The van der Waals surface area contributed by atoms with Gasteiger partial charge in [-0.05, 0) is 37.3 Å². The number of nitrogens with zero attached hydrogens (tertiary/aromatic N) is 2. The van der Waals surface area contributed by atoms with Crippen LogP contribution in [0.3, 0.4) is 0 Å². The van der Waals surface area contributed by atoms with E-state index in [4.69, 9.17) is 16.3 Å². The summed E-state index contributed by atoms with van der Waals surface area (Å²) in [6.07, 6.45) is -3.68. The third kappa shape index (κ3) is 3.32. The van der Waals surface area contributed by atoms with E-state index in [1.807, 2.05) is 0 Å². The van der Waals surface area contributed by atoms with Gasteiger partial charge in [-0.15, -0.1) is 0 Å². The fourth-order valence-corrected chi connectivity index (χ4v) is 2.74. The molecule has 26 heavy (non-hydrogen) atoms. The first-order chi connectivity index (χ1) is 12.2. The van der Waals surface area contributed by atoms with Crippen molar-refractivity contribution in [3.05, 3.63) is 58.5 Å². The summed E-state index contributed by atoms with van der Waals surface area (Å²) in [7, 11) is 1.42. The highest BCUT2D eigenvalue weighted by molar-refractivity contribution is 6.31. The fourth-order valence-electron chi connectivity index (χ4n) is 2.56. The number of aryl methyl sites for hydroxylation is 1. The molecular weight excluding hydrogens is 371 g/mol. The Labute approximate surface area is 151 Å². The smallest absolute Gasteiger partial charge is 0.417 e. The van der Waals surface area contributed by atoms with E-state index in [9.17, 15) is 18.0 Å². The fraction of sp³-hybridized carbons (Fsp3) is 0.176. The first-order valence-corrected chi connectivity index (χ1v) is 7.79. The molecule has 0 saturated carbocycles. The number of imidazole rings is 1. The highest BCUT2D eigenvalue weighted by Crippen LogP contribution is 2.31. The number of carbonyl (C=O) groups excluding carboxylic acids is 1. The minimum absolute atomic E-state index is 0.00636. The van der Waals surface area contributed by atoms with Crippen molar-refractivity contribution in [2.24, 2.45) is 0 Å². The van der Waals surface area contributed by atoms with Gasteiger partial charge in [0.2, 0.25) is 0 Å². The highest BCUT2D eigenvalue weighted by Gasteiger charge is 2.31. The Morgan fingerprint density at radius 1 is 1.27 bits per heavy atom. The lowest BCUT2D eigenvalue weighted by Crippen LogP contribution is -2.17. The van der Waals surface area contributed by atoms with E-state index in [1.54, 1.807) is 19.1 Å². The largest absolute Gasteiger partial charge is 0.495 e. The highest BCUT2D eigenvalue weighted by atomic mass is 35.5. The van der Waals surface area contributed by atoms with Crippen LogP contribution in [0.5, 0.6) is 5.75 Å². The molecule has 0 fully saturated rings. The van der Waals surface area contributed by atoms with E-state index in [2.05, 4.69) is 10.3 Å². The van der Waals surface area contributed by atoms with Crippen LogP contribution in [0.2, 0.25) is 5.02 Å². The van der Waals surface area contributed by atoms with E-state index in [1.165, 1.54) is 19.2 Å². The Hall–Kier alpha value is -2.74. The van der Waals surface area contributed by atoms with Gasteiger partial charge in [-0.2, -0.15) is 13.2 Å². The number of alkyl halides is 3. The Kier molecular flexibility index (Phi) is 4.53. The van der Waals surface area contributed by atoms with Gasteiger partial charge in [0.05, 0.1) is 24.1 Å². The number of rotatable bonds is 3. The molecule has 0 saturated heterocycles. The summed E-state index contributed by atoms with van der Waals surface area (Å²) >= 11 is 5.93. The maximum Gasteiger partial charge on any atom is 0.417 e. The van der Waals surface area contributed by atoms with Crippen LogP contribution in [-0.2, 0) is 6.18 Å². The van der Waals surface area contributed by atoms with Crippen molar-refractivity contribution in [1.29, 1.82) is 0 Å². The maximum absolute atomic E-state index is 13.0. The molecule has 0 aliphatic rings. The molecular formula is C17H13ClF3N3O2. The van der Waals surface area contributed by atoms with E-state index in [0.717, 1.165) is 16.7 Å². The van der Waals surface area contributed by atoms with Gasteiger partial charge >= 0.3 is 6.18 Å². The average molecular weight is 384 g/mol. The lowest BCUT2D eigenvalue weighted by molar-refractivity contribution is -0.137. The summed E-state index contributed by atoms with van der Waals surface area (Å²) in [5.74, 6) is -0.264. The molecule has 2 aromatic heterocycles. The number of methoxy groups -OCH3 is 1. The Morgan fingerprint density at radius 3 is 2.65 bits per heavy atom.